The number of carbonyl (C=O) groups excluding carboxylic acids is 7. The van der Waals surface area contributed by atoms with Crippen LogP contribution in [0, 0.1) is 40.9 Å². The predicted octanol–water partition coefficient (Wildman–Crippen LogP) is 7.10. The fraction of sp³-hybridized carbons (Fsp3) is 0.580. The maximum Gasteiger partial charge on any atom is 0.373 e. The van der Waals surface area contributed by atoms with Gasteiger partial charge in [0.2, 0.25) is 17.6 Å². The van der Waals surface area contributed by atoms with Gasteiger partial charge < -0.3 is 43.0 Å². The van der Waals surface area contributed by atoms with E-state index in [0.717, 1.165) is 24.3 Å². The molecule has 0 saturated carbocycles. The molecule has 74 heavy (non-hydrogen) atoms. The Labute approximate surface area is 435 Å². The van der Waals surface area contributed by atoms with Gasteiger partial charge in [0, 0.05) is 57.3 Å². The van der Waals surface area contributed by atoms with Gasteiger partial charge in [-0.2, -0.15) is 19.8 Å². The second kappa shape index (κ2) is 63.2. The molecule has 24 heteroatoms. The van der Waals surface area contributed by atoms with E-state index in [9.17, 15) is 38.9 Å². The van der Waals surface area contributed by atoms with Crippen LogP contribution in [0.25, 0.3) is 5.01 Å². The molecular formula is C50H78N5O19+. The lowest BCUT2D eigenvalue weighted by atomic mass is 10.2. The molecule has 0 fully saturated rings. The van der Waals surface area contributed by atoms with Gasteiger partial charge in [0.25, 0.3) is 0 Å². The van der Waals surface area contributed by atoms with E-state index in [1.165, 1.54) is 54.2 Å². The number of carboxylic acid groups (broad SMARTS) is 1. The molecule has 2 N–H and O–H groups in total. The van der Waals surface area contributed by atoms with Crippen LogP contribution >= 0.6 is 0 Å². The van der Waals surface area contributed by atoms with Crippen LogP contribution in [0.15, 0.2) is 45.9 Å². The number of terminal acetylenes is 2. The fourth-order valence-corrected chi connectivity index (χ4v) is 3.70. The third-order valence-corrected chi connectivity index (χ3v) is 8.05. The zero-order valence-electron chi connectivity index (χ0n) is 45.0. The molecule has 0 aliphatic heterocycles. The van der Waals surface area contributed by atoms with Gasteiger partial charge in [-0.15, -0.1) is 24.7 Å². The summed E-state index contributed by atoms with van der Waals surface area (Å²) in [5.41, 5.74) is 1.46. The van der Waals surface area contributed by atoms with Gasteiger partial charge in [0.05, 0.1) is 78.3 Å². The van der Waals surface area contributed by atoms with Crippen LogP contribution in [0.2, 0.25) is 0 Å². The van der Waals surface area contributed by atoms with E-state index >= 15 is 0 Å². The largest absolute Gasteiger partial charge is 0.481 e. The van der Waals surface area contributed by atoms with Crippen molar-refractivity contribution >= 4 is 47.8 Å². The van der Waals surface area contributed by atoms with Crippen molar-refractivity contribution < 1.29 is 86.5 Å². The van der Waals surface area contributed by atoms with Crippen molar-refractivity contribution in [2.45, 2.75) is 124 Å². The molecule has 1 aromatic carbocycles. The third-order valence-electron chi connectivity index (χ3n) is 8.05. The Morgan fingerprint density at radius 2 is 1.20 bits per heavy atom. The van der Waals surface area contributed by atoms with Crippen LogP contribution in [0.4, 0.5) is 5.69 Å². The Bertz CT molecular complexity index is 1940. The third kappa shape index (κ3) is 73.2. The summed E-state index contributed by atoms with van der Waals surface area (Å²) in [6, 6.07) is 13.1. The molecule has 2 aromatic rings. The van der Waals surface area contributed by atoms with Gasteiger partial charge in [-0.3, -0.25) is 34.1 Å². The second-order valence-corrected chi connectivity index (χ2v) is 13.6. The first-order valence-corrected chi connectivity index (χ1v) is 22.6. The van der Waals surface area contributed by atoms with Crippen molar-refractivity contribution in [3.63, 3.8) is 0 Å². The van der Waals surface area contributed by atoms with Crippen LogP contribution in [0.5, 0.6) is 0 Å². The first kappa shape index (κ1) is 80.3. The number of hydrogen-bond acceptors (Lipinski definition) is 21. The van der Waals surface area contributed by atoms with E-state index in [0.29, 0.717) is 44.2 Å². The van der Waals surface area contributed by atoms with Gasteiger partial charge >= 0.3 is 42.1 Å². The van der Waals surface area contributed by atoms with E-state index in [4.69, 9.17) is 46.7 Å². The molecule has 0 aliphatic carbocycles. The predicted molar refractivity (Wildman–Crippen MR) is 271 cm³/mol. The maximum atomic E-state index is 10.8. The van der Waals surface area contributed by atoms with Crippen LogP contribution < -0.4 is 0 Å². The number of rotatable bonds is 21. The summed E-state index contributed by atoms with van der Waals surface area (Å²) >= 11 is 0. The van der Waals surface area contributed by atoms with E-state index < -0.39 is 22.6 Å². The van der Waals surface area contributed by atoms with Crippen molar-refractivity contribution in [1.29, 1.82) is 0 Å². The Hall–Kier alpha value is -7.77. The number of ether oxygens (including phenoxy) is 6. The highest BCUT2D eigenvalue weighted by molar-refractivity contribution is 5.70. The van der Waals surface area contributed by atoms with E-state index in [-0.39, 0.29) is 56.3 Å². The molecule has 1 aromatic heterocycles. The first-order valence-electron chi connectivity index (χ1n) is 22.6. The summed E-state index contributed by atoms with van der Waals surface area (Å²) in [6.07, 6.45) is 16.3. The molecule has 0 radical (unpaired) electrons. The molecule has 0 atom stereocenters. The lowest BCUT2D eigenvalue weighted by Crippen LogP contribution is -2.24. The minimum absolute atomic E-state index is 0.0799. The summed E-state index contributed by atoms with van der Waals surface area (Å²) in [5.74, 6) is 2.99. The van der Waals surface area contributed by atoms with Crippen molar-refractivity contribution in [3.8, 4) is 30.8 Å². The average Bonchev–Trinajstić information content (AvgIpc) is 3.86. The Morgan fingerprint density at radius 1 is 0.757 bits per heavy atom. The molecule has 1 heterocycles. The van der Waals surface area contributed by atoms with E-state index in [1.807, 2.05) is 38.1 Å². The second-order valence-electron chi connectivity index (χ2n) is 13.6. The van der Waals surface area contributed by atoms with Crippen molar-refractivity contribution in [3.05, 3.63) is 63.0 Å². The Kier molecular flexibility index (Phi) is 68.7. The number of para-hydroxylation sites is 1. The number of nitro groups is 1. The molecule has 0 unspecified atom stereocenters. The number of aryl methyl sites for hydroxylation is 2. The van der Waals surface area contributed by atoms with E-state index in [1.54, 1.807) is 26.4 Å². The average molecular weight is 1050 g/mol. The van der Waals surface area contributed by atoms with Crippen LogP contribution in [0.3, 0.4) is 0 Å². The summed E-state index contributed by atoms with van der Waals surface area (Å²) in [4.78, 5) is 92.4. The molecule has 0 saturated heterocycles. The zero-order valence-corrected chi connectivity index (χ0v) is 45.0. The number of esters is 4. The van der Waals surface area contributed by atoms with Crippen molar-refractivity contribution in [2.75, 3.05) is 68.8 Å². The number of carbonyl (C=O) groups is 5. The lowest BCUT2D eigenvalue weighted by molar-refractivity contribution is -0.480. The standard InChI is InChI=1S/C10H15NO3.C7H5NO.C6H15N.C6H8O2.C5H9NO4.C5H7NO3.C5H12O2.C5H6O2.CO2/c1-3-4-9-7-8(11-14-9)5-6-10(12)13-2;9-6-8-7-4-2-1-3-5-7;1-4-7(5-2)6-3;1-3-4-5-6(7)8-2;1-10-5(7)3-2-4-6(8)9;1-9-5(7)3-2-4-6-8;1-5(2,6-3)7-4;1-2-3-4-5(6)7;2-1-3/h7H,3-6H2,1-2H3;1-5H;4-6H2,1-3H3;1H,4-5H2,2H3;2-4H2,1H3;2-3H2,1H3;1-4H3;1H,3-4H2,(H,6,7);/p+1. The molecule has 0 aliphatic rings. The number of benzene rings is 1. The van der Waals surface area contributed by atoms with Gasteiger partial charge in [-0.25, -0.2) is 4.79 Å². The highest BCUT2D eigenvalue weighted by atomic mass is 16.7. The monoisotopic (exact) mass is 1050 g/mol. The molecule has 0 bridgehead atoms. The number of nitrogens with zero attached hydrogens (tertiary/aromatic N) is 5. The van der Waals surface area contributed by atoms with Crippen LogP contribution in [-0.2, 0) is 79.6 Å². The van der Waals surface area contributed by atoms with Crippen LogP contribution in [-0.4, -0.2) is 142 Å². The molecule has 2 rings (SSSR count). The fourth-order valence-electron chi connectivity index (χ4n) is 3.70. The minimum atomic E-state index is -0.835. The van der Waals surface area contributed by atoms with Gasteiger partial charge in [0.1, 0.15) is 5.76 Å². The number of aliphatic imine (C=N–C) groups is 1. The number of hydrogen-bond donors (Lipinski definition) is 2. The summed E-state index contributed by atoms with van der Waals surface area (Å²) in [5, 5.41) is 31.9. The van der Waals surface area contributed by atoms with Gasteiger partial charge in [-0.1, -0.05) is 51.1 Å². The van der Waals surface area contributed by atoms with Crippen molar-refractivity contribution in [2.24, 2.45) is 4.99 Å². The Balaban J connectivity index is -0.000000139. The number of aromatic nitrogens is 1. The smallest absolute Gasteiger partial charge is 0.373 e. The van der Waals surface area contributed by atoms with Crippen molar-refractivity contribution in [1.82, 2.24) is 10.1 Å². The summed E-state index contributed by atoms with van der Waals surface area (Å²) < 4.78 is 32.2. The number of carboxylic acids is 1. The normalized spacial score (nSPS) is 8.69. The molecule has 0 spiro atoms. The van der Waals surface area contributed by atoms with E-state index in [2.05, 4.69) is 84.6 Å². The maximum absolute atomic E-state index is 10.8. The number of methoxy groups -OCH3 is 6. The van der Waals surface area contributed by atoms with Crippen LogP contribution in [0.1, 0.15) is 117 Å². The zero-order chi connectivity index (χ0) is 58.4. The number of isocyanates is 1. The van der Waals surface area contributed by atoms with Gasteiger partial charge in [0.15, 0.2) is 5.79 Å². The highest BCUT2D eigenvalue weighted by Crippen LogP contribution is 2.09. The molecule has 416 valence electrons. The lowest BCUT2D eigenvalue weighted by Gasteiger charge is -2.19. The minimum Gasteiger partial charge on any atom is -0.481 e. The summed E-state index contributed by atoms with van der Waals surface area (Å²) in [7, 11) is 8.52. The quantitative estimate of drug-likeness (QED) is 0.0184. The molecule has 24 nitrogen and oxygen atoms in total. The first-order chi connectivity index (χ1) is 35.1. The SMILES string of the molecule is C#CCCC(=O)O.C#CCCC(=O)OC.CCCc1cc(CCC(=O)OC)no1.CCN(CC)CC.COC(=O)CCC#[N+]O.COC(=O)CCC[N+](=O)[O-].COC(C)(C)OC.O=C=Nc1ccccc1.O=C=O. The summed E-state index contributed by atoms with van der Waals surface area (Å²) in [6.45, 7) is 15.7. The van der Waals surface area contributed by atoms with Gasteiger partial charge in [-0.05, 0) is 52.0 Å². The highest BCUT2D eigenvalue weighted by Gasteiger charge is 2.12. The topological polar surface area (TPSA) is 322 Å². The molecule has 0 amide bonds. The molecular weight excluding hydrogens is 975 g/mol. The number of aliphatic carboxylic acids is 1. The Morgan fingerprint density at radius 3 is 1.54 bits per heavy atom.